The summed E-state index contributed by atoms with van der Waals surface area (Å²) in [6.07, 6.45) is 6.06. The van der Waals surface area contributed by atoms with Crippen LogP contribution in [0.25, 0.3) is 6.08 Å². The van der Waals surface area contributed by atoms with Crippen molar-refractivity contribution in [2.75, 3.05) is 18.2 Å². The Morgan fingerprint density at radius 2 is 1.78 bits per heavy atom. The Labute approximate surface area is 165 Å². The third-order valence-corrected chi connectivity index (χ3v) is 4.99. The highest BCUT2D eigenvalue weighted by Crippen LogP contribution is 2.20. The molecule has 1 amide bonds. The van der Waals surface area contributed by atoms with Gasteiger partial charge in [0.25, 0.3) is 5.91 Å². The molecule has 1 N–H and O–H groups in total. The maximum atomic E-state index is 11.9. The monoisotopic (exact) mass is 383 g/mol. The third kappa shape index (κ3) is 6.94. The molecule has 27 heavy (non-hydrogen) atoms. The maximum Gasteiger partial charge on any atom is 0.331 e. The van der Waals surface area contributed by atoms with Crippen LogP contribution < -0.4 is 5.32 Å². The van der Waals surface area contributed by atoms with E-state index in [0.717, 1.165) is 16.9 Å². The summed E-state index contributed by atoms with van der Waals surface area (Å²) in [5.74, 6) is -0.428. The van der Waals surface area contributed by atoms with Gasteiger partial charge in [-0.05, 0) is 60.1 Å². The summed E-state index contributed by atoms with van der Waals surface area (Å²) in [6, 6.07) is 15.5. The van der Waals surface area contributed by atoms with Gasteiger partial charge >= 0.3 is 5.97 Å². The molecule has 1 atom stereocenters. The summed E-state index contributed by atoms with van der Waals surface area (Å²) < 4.78 is 4.98. The largest absolute Gasteiger partial charge is 0.452 e. The Balaban J connectivity index is 1.78. The van der Waals surface area contributed by atoms with Crippen LogP contribution in [-0.4, -0.2) is 24.7 Å². The lowest BCUT2D eigenvalue weighted by molar-refractivity contribution is -0.142. The predicted octanol–water partition coefficient (Wildman–Crippen LogP) is 5.12. The number of amides is 1. The second-order valence-electron chi connectivity index (χ2n) is 6.19. The molecular formula is C22H25NO3S. The Hall–Kier alpha value is -2.53. The number of carbonyl (C=O) groups is 2. The van der Waals surface area contributed by atoms with Gasteiger partial charge in [0.15, 0.2) is 6.61 Å². The molecule has 4 nitrogen and oxygen atoms in total. The van der Waals surface area contributed by atoms with E-state index < -0.39 is 5.97 Å². The molecule has 5 heteroatoms. The second-order valence-corrected chi connectivity index (χ2v) is 7.07. The van der Waals surface area contributed by atoms with E-state index in [2.05, 4.69) is 19.2 Å². The van der Waals surface area contributed by atoms with E-state index in [4.69, 9.17) is 4.74 Å². The smallest absolute Gasteiger partial charge is 0.331 e. The molecule has 142 valence electrons. The molecule has 2 aromatic rings. The minimum absolute atomic E-state index is 0.318. The number of ether oxygens (including phenoxy) is 1. The molecular weight excluding hydrogens is 358 g/mol. The summed E-state index contributed by atoms with van der Waals surface area (Å²) in [7, 11) is 0. The molecule has 0 fully saturated rings. The van der Waals surface area contributed by atoms with Gasteiger partial charge in [-0.2, -0.15) is 0 Å². The van der Waals surface area contributed by atoms with Gasteiger partial charge in [0.05, 0.1) is 0 Å². The Kier molecular flexibility index (Phi) is 8.14. The molecule has 0 spiro atoms. The number of hydrogen-bond acceptors (Lipinski definition) is 4. The van der Waals surface area contributed by atoms with Gasteiger partial charge in [-0.1, -0.05) is 38.1 Å². The predicted molar refractivity (Wildman–Crippen MR) is 112 cm³/mol. The molecule has 0 saturated heterocycles. The fraction of sp³-hybridized carbons (Fsp3) is 0.273. The highest BCUT2D eigenvalue weighted by Gasteiger charge is 2.07. The van der Waals surface area contributed by atoms with Gasteiger partial charge in [0.2, 0.25) is 0 Å². The van der Waals surface area contributed by atoms with E-state index in [9.17, 15) is 9.59 Å². The molecule has 2 rings (SSSR count). The first-order valence-corrected chi connectivity index (χ1v) is 10.1. The van der Waals surface area contributed by atoms with Crippen LogP contribution in [0.5, 0.6) is 0 Å². The minimum atomic E-state index is -0.550. The lowest BCUT2D eigenvalue weighted by Gasteiger charge is -2.10. The lowest BCUT2D eigenvalue weighted by atomic mass is 9.99. The van der Waals surface area contributed by atoms with Crippen molar-refractivity contribution in [2.24, 2.45) is 0 Å². The fourth-order valence-electron chi connectivity index (χ4n) is 2.39. The standard InChI is InChI=1S/C22H25NO3S/c1-4-16(2)18-8-10-19(11-9-18)23-21(24)15-26-22(25)14-7-17-5-12-20(27-3)13-6-17/h5-14,16H,4,15H2,1-3H3,(H,23,24). The Morgan fingerprint density at radius 1 is 1.11 bits per heavy atom. The molecule has 1 unspecified atom stereocenters. The quantitative estimate of drug-likeness (QED) is 0.391. The van der Waals surface area contributed by atoms with Gasteiger partial charge in [-0.25, -0.2) is 4.79 Å². The molecule has 0 saturated carbocycles. The van der Waals surface area contributed by atoms with E-state index in [1.165, 1.54) is 11.6 Å². The molecule has 0 aliphatic carbocycles. The molecule has 0 heterocycles. The van der Waals surface area contributed by atoms with Gasteiger partial charge in [0.1, 0.15) is 0 Å². The molecule has 0 bridgehead atoms. The van der Waals surface area contributed by atoms with Crippen molar-refractivity contribution in [1.82, 2.24) is 0 Å². The summed E-state index contributed by atoms with van der Waals surface area (Å²) in [5.41, 5.74) is 2.82. The van der Waals surface area contributed by atoms with Crippen LogP contribution in [0.4, 0.5) is 5.69 Å². The molecule has 0 aromatic heterocycles. The van der Waals surface area contributed by atoms with E-state index >= 15 is 0 Å². The molecule has 0 aliphatic rings. The van der Waals surface area contributed by atoms with Gasteiger partial charge in [-0.15, -0.1) is 11.8 Å². The fourth-order valence-corrected chi connectivity index (χ4v) is 2.80. The highest BCUT2D eigenvalue weighted by atomic mass is 32.2. The van der Waals surface area contributed by atoms with Crippen LogP contribution in [0.1, 0.15) is 37.3 Å². The number of esters is 1. The first kappa shape index (κ1) is 20.8. The second kappa shape index (κ2) is 10.6. The number of hydrogen-bond donors (Lipinski definition) is 1. The summed E-state index contributed by atoms with van der Waals surface area (Å²) >= 11 is 1.66. The van der Waals surface area contributed by atoms with Crippen molar-refractivity contribution in [2.45, 2.75) is 31.1 Å². The lowest BCUT2D eigenvalue weighted by Crippen LogP contribution is -2.20. The Bertz CT molecular complexity index is 782. The molecule has 0 aliphatic heterocycles. The number of thioether (sulfide) groups is 1. The third-order valence-electron chi connectivity index (χ3n) is 4.25. The average molecular weight is 384 g/mol. The summed E-state index contributed by atoms with van der Waals surface area (Å²) in [5, 5.41) is 2.73. The van der Waals surface area contributed by atoms with Crippen LogP contribution in [0.15, 0.2) is 59.5 Å². The maximum absolute atomic E-state index is 11.9. The first-order chi connectivity index (χ1) is 13.0. The van der Waals surface area contributed by atoms with Crippen LogP contribution in [0.3, 0.4) is 0 Å². The number of anilines is 1. The van der Waals surface area contributed by atoms with Crippen LogP contribution >= 0.6 is 11.8 Å². The molecule has 2 aromatic carbocycles. The van der Waals surface area contributed by atoms with Crippen molar-refractivity contribution < 1.29 is 14.3 Å². The normalized spacial score (nSPS) is 12.0. The summed E-state index contributed by atoms with van der Waals surface area (Å²) in [6.45, 7) is 3.99. The van der Waals surface area contributed by atoms with Gasteiger partial charge < -0.3 is 10.1 Å². The van der Waals surface area contributed by atoms with Crippen LogP contribution in [0.2, 0.25) is 0 Å². The topological polar surface area (TPSA) is 55.4 Å². The van der Waals surface area contributed by atoms with Crippen LogP contribution in [0, 0.1) is 0 Å². The van der Waals surface area contributed by atoms with Crippen LogP contribution in [-0.2, 0) is 14.3 Å². The van der Waals surface area contributed by atoms with E-state index in [-0.39, 0.29) is 12.5 Å². The minimum Gasteiger partial charge on any atom is -0.452 e. The molecule has 0 radical (unpaired) electrons. The van der Waals surface area contributed by atoms with E-state index in [0.29, 0.717) is 11.6 Å². The van der Waals surface area contributed by atoms with Crippen molar-refractivity contribution in [3.8, 4) is 0 Å². The van der Waals surface area contributed by atoms with Crippen molar-refractivity contribution in [3.05, 3.63) is 65.7 Å². The van der Waals surface area contributed by atoms with Crippen molar-refractivity contribution >= 4 is 35.4 Å². The average Bonchev–Trinajstić information content (AvgIpc) is 2.71. The van der Waals surface area contributed by atoms with E-state index in [1.807, 2.05) is 54.8 Å². The number of rotatable bonds is 8. The summed E-state index contributed by atoms with van der Waals surface area (Å²) in [4.78, 5) is 24.8. The zero-order chi connectivity index (χ0) is 19.6. The van der Waals surface area contributed by atoms with Gasteiger partial charge in [0, 0.05) is 16.7 Å². The zero-order valence-corrected chi connectivity index (χ0v) is 16.7. The zero-order valence-electron chi connectivity index (χ0n) is 15.9. The Morgan fingerprint density at radius 3 is 2.37 bits per heavy atom. The van der Waals surface area contributed by atoms with Crippen molar-refractivity contribution in [1.29, 1.82) is 0 Å². The number of benzene rings is 2. The highest BCUT2D eigenvalue weighted by molar-refractivity contribution is 7.98. The van der Waals surface area contributed by atoms with E-state index in [1.54, 1.807) is 17.8 Å². The first-order valence-electron chi connectivity index (χ1n) is 8.90. The number of nitrogens with one attached hydrogen (secondary N) is 1. The van der Waals surface area contributed by atoms with Crippen molar-refractivity contribution in [3.63, 3.8) is 0 Å². The van der Waals surface area contributed by atoms with Gasteiger partial charge in [-0.3, -0.25) is 4.79 Å². The number of carbonyl (C=O) groups excluding carboxylic acids is 2. The SMILES string of the molecule is CCC(C)c1ccc(NC(=O)COC(=O)C=Cc2ccc(SC)cc2)cc1.